The highest BCUT2D eigenvalue weighted by atomic mass is 16.5. The summed E-state index contributed by atoms with van der Waals surface area (Å²) in [5.41, 5.74) is -0.923. The smallest absolute Gasteiger partial charge is 0.360 e. The maximum Gasteiger partial charge on any atom is 0.360 e. The second-order valence-electron chi connectivity index (χ2n) is 4.19. The van der Waals surface area contributed by atoms with Crippen molar-refractivity contribution < 1.29 is 24.1 Å². The first-order valence-corrected chi connectivity index (χ1v) is 6.15. The van der Waals surface area contributed by atoms with Gasteiger partial charge in [0.2, 0.25) is 17.0 Å². The van der Waals surface area contributed by atoms with Crippen LogP contribution in [-0.2, 0) is 0 Å². The SMILES string of the molecule is COc1cc(OC)cc(-n2nc(C(=O)O)c(=O)cc2OC)c1. The van der Waals surface area contributed by atoms with Crippen LogP contribution in [-0.4, -0.2) is 42.2 Å². The molecule has 0 saturated carbocycles. The second-order valence-corrected chi connectivity index (χ2v) is 4.19. The van der Waals surface area contributed by atoms with Crippen LogP contribution in [0.25, 0.3) is 5.69 Å². The van der Waals surface area contributed by atoms with Crippen LogP contribution >= 0.6 is 0 Å². The summed E-state index contributed by atoms with van der Waals surface area (Å²) >= 11 is 0. The third-order valence-electron chi connectivity index (χ3n) is 2.89. The molecule has 1 heterocycles. The van der Waals surface area contributed by atoms with E-state index in [9.17, 15) is 9.59 Å². The molecule has 0 aliphatic carbocycles. The first kappa shape index (κ1) is 15.4. The Labute approximate surface area is 125 Å². The number of rotatable bonds is 5. The van der Waals surface area contributed by atoms with Gasteiger partial charge in [0.1, 0.15) is 11.5 Å². The Hall–Kier alpha value is -3.03. The van der Waals surface area contributed by atoms with Gasteiger partial charge in [-0.3, -0.25) is 4.79 Å². The van der Waals surface area contributed by atoms with Gasteiger partial charge in [-0.1, -0.05) is 0 Å². The fourth-order valence-electron chi connectivity index (χ4n) is 1.83. The lowest BCUT2D eigenvalue weighted by Gasteiger charge is -2.13. The van der Waals surface area contributed by atoms with Gasteiger partial charge in [0, 0.05) is 18.2 Å². The molecule has 116 valence electrons. The molecule has 0 amide bonds. The van der Waals surface area contributed by atoms with Crippen molar-refractivity contribution in [3.8, 4) is 23.1 Å². The maximum atomic E-state index is 11.7. The molecule has 0 aliphatic rings. The zero-order valence-electron chi connectivity index (χ0n) is 12.2. The lowest BCUT2D eigenvalue weighted by atomic mass is 10.2. The first-order valence-electron chi connectivity index (χ1n) is 6.15. The summed E-state index contributed by atoms with van der Waals surface area (Å²) in [7, 11) is 4.32. The summed E-state index contributed by atoms with van der Waals surface area (Å²) in [4.78, 5) is 22.8. The minimum atomic E-state index is -1.42. The molecule has 0 radical (unpaired) electrons. The number of benzene rings is 1. The Bertz CT molecular complexity index is 746. The Balaban J connectivity index is 2.72. The highest BCUT2D eigenvalue weighted by molar-refractivity contribution is 5.85. The monoisotopic (exact) mass is 306 g/mol. The van der Waals surface area contributed by atoms with Crippen LogP contribution < -0.4 is 19.6 Å². The van der Waals surface area contributed by atoms with Crippen molar-refractivity contribution in [2.75, 3.05) is 21.3 Å². The highest BCUT2D eigenvalue weighted by Crippen LogP contribution is 2.26. The number of methoxy groups -OCH3 is 3. The maximum absolute atomic E-state index is 11.7. The number of aromatic nitrogens is 2. The van der Waals surface area contributed by atoms with Crippen molar-refractivity contribution in [2.24, 2.45) is 0 Å². The van der Waals surface area contributed by atoms with E-state index in [4.69, 9.17) is 19.3 Å². The molecule has 0 bridgehead atoms. The van der Waals surface area contributed by atoms with Gasteiger partial charge < -0.3 is 19.3 Å². The Kier molecular flexibility index (Phi) is 4.31. The van der Waals surface area contributed by atoms with Crippen LogP contribution in [0.2, 0.25) is 0 Å². The van der Waals surface area contributed by atoms with Crippen molar-refractivity contribution in [3.05, 3.63) is 40.2 Å². The summed E-state index contributed by atoms with van der Waals surface area (Å²) in [5, 5.41) is 12.9. The molecule has 0 unspecified atom stereocenters. The normalized spacial score (nSPS) is 10.1. The molecule has 2 rings (SSSR count). The Morgan fingerprint density at radius 2 is 1.64 bits per heavy atom. The van der Waals surface area contributed by atoms with E-state index in [0.717, 1.165) is 6.07 Å². The van der Waals surface area contributed by atoms with Gasteiger partial charge in [-0.15, -0.1) is 0 Å². The van der Waals surface area contributed by atoms with Gasteiger partial charge in [-0.2, -0.15) is 9.78 Å². The average Bonchev–Trinajstić information content (AvgIpc) is 2.53. The predicted molar refractivity (Wildman–Crippen MR) is 76.4 cm³/mol. The molecule has 8 nitrogen and oxygen atoms in total. The third kappa shape index (κ3) is 2.85. The van der Waals surface area contributed by atoms with Crippen LogP contribution in [0.4, 0.5) is 0 Å². The zero-order valence-corrected chi connectivity index (χ0v) is 12.2. The van der Waals surface area contributed by atoms with E-state index in [2.05, 4.69) is 5.10 Å². The molecule has 1 aromatic carbocycles. The quantitative estimate of drug-likeness (QED) is 0.878. The van der Waals surface area contributed by atoms with Crippen LogP contribution in [0.1, 0.15) is 10.5 Å². The van der Waals surface area contributed by atoms with Gasteiger partial charge in [0.15, 0.2) is 0 Å². The van der Waals surface area contributed by atoms with Gasteiger partial charge in [-0.05, 0) is 0 Å². The molecule has 0 atom stereocenters. The van der Waals surface area contributed by atoms with Gasteiger partial charge in [0.25, 0.3) is 0 Å². The van der Waals surface area contributed by atoms with Crippen molar-refractivity contribution in [3.63, 3.8) is 0 Å². The number of carbonyl (C=O) groups is 1. The lowest BCUT2D eigenvalue weighted by Crippen LogP contribution is -2.22. The largest absolute Gasteiger partial charge is 0.497 e. The second kappa shape index (κ2) is 6.17. The number of carboxylic acid groups (broad SMARTS) is 1. The Morgan fingerprint density at radius 1 is 1.05 bits per heavy atom. The van der Waals surface area contributed by atoms with Crippen LogP contribution in [0.5, 0.6) is 17.4 Å². The standard InChI is InChI=1S/C14H14N2O6/c1-20-9-4-8(5-10(6-9)21-2)16-12(22-3)7-11(17)13(15-16)14(18)19/h4-7H,1-3H3,(H,18,19). The van der Waals surface area contributed by atoms with Gasteiger partial charge in [0.05, 0.1) is 33.1 Å². The van der Waals surface area contributed by atoms with Crippen LogP contribution in [0.15, 0.2) is 29.1 Å². The molecule has 1 aromatic heterocycles. The molecule has 0 fully saturated rings. The van der Waals surface area contributed by atoms with Crippen LogP contribution in [0, 0.1) is 0 Å². The molecule has 0 saturated heterocycles. The number of ether oxygens (including phenoxy) is 3. The number of aromatic carboxylic acids is 1. The zero-order chi connectivity index (χ0) is 16.3. The van der Waals surface area contributed by atoms with Gasteiger partial charge in [-0.25, -0.2) is 4.79 Å². The number of carboxylic acids is 1. The summed E-state index contributed by atoms with van der Waals surface area (Å²) < 4.78 is 16.6. The summed E-state index contributed by atoms with van der Waals surface area (Å²) in [6.07, 6.45) is 0. The fraction of sp³-hybridized carbons (Fsp3) is 0.214. The number of nitrogens with zero attached hydrogens (tertiary/aromatic N) is 2. The molecule has 22 heavy (non-hydrogen) atoms. The lowest BCUT2D eigenvalue weighted by molar-refractivity contribution is 0.0686. The van der Waals surface area contributed by atoms with Crippen molar-refractivity contribution in [1.82, 2.24) is 9.78 Å². The van der Waals surface area contributed by atoms with Crippen molar-refractivity contribution in [1.29, 1.82) is 0 Å². The topological polar surface area (TPSA) is 99.9 Å². The van der Waals surface area contributed by atoms with E-state index >= 15 is 0 Å². The number of hydrogen-bond acceptors (Lipinski definition) is 6. The number of hydrogen-bond donors (Lipinski definition) is 1. The highest BCUT2D eigenvalue weighted by Gasteiger charge is 2.17. The molecule has 1 N–H and O–H groups in total. The average molecular weight is 306 g/mol. The summed E-state index contributed by atoms with van der Waals surface area (Å²) in [6, 6.07) is 5.92. The fourth-order valence-corrected chi connectivity index (χ4v) is 1.83. The molecular formula is C14H14N2O6. The summed E-state index contributed by atoms with van der Waals surface area (Å²) in [6.45, 7) is 0. The van der Waals surface area contributed by atoms with E-state index in [0.29, 0.717) is 17.2 Å². The van der Waals surface area contributed by atoms with E-state index < -0.39 is 17.1 Å². The molecule has 2 aromatic rings. The first-order chi connectivity index (χ1) is 10.5. The molecule has 8 heteroatoms. The van der Waals surface area contributed by atoms with E-state index in [1.54, 1.807) is 18.2 Å². The third-order valence-corrected chi connectivity index (χ3v) is 2.89. The van der Waals surface area contributed by atoms with Crippen molar-refractivity contribution in [2.45, 2.75) is 0 Å². The minimum absolute atomic E-state index is 0.0882. The van der Waals surface area contributed by atoms with Crippen molar-refractivity contribution >= 4 is 5.97 Å². The van der Waals surface area contributed by atoms with Crippen LogP contribution in [0.3, 0.4) is 0 Å². The summed E-state index contributed by atoms with van der Waals surface area (Å²) in [5.74, 6) is -0.371. The molecule has 0 aliphatic heterocycles. The van der Waals surface area contributed by atoms with Gasteiger partial charge >= 0.3 is 5.97 Å². The van der Waals surface area contributed by atoms with E-state index in [1.807, 2.05) is 0 Å². The van der Waals surface area contributed by atoms with E-state index in [1.165, 1.54) is 26.0 Å². The van der Waals surface area contributed by atoms with E-state index in [-0.39, 0.29) is 5.88 Å². The molecule has 0 spiro atoms. The molecular weight excluding hydrogens is 292 g/mol. The Morgan fingerprint density at radius 3 is 2.09 bits per heavy atom. The minimum Gasteiger partial charge on any atom is -0.497 e. The predicted octanol–water partition coefficient (Wildman–Crippen LogP) is 0.956.